The van der Waals surface area contributed by atoms with Crippen LogP contribution in [-0.2, 0) is 11.4 Å². The van der Waals surface area contributed by atoms with Crippen LogP contribution in [0.2, 0.25) is 0 Å². The summed E-state index contributed by atoms with van der Waals surface area (Å²) in [6.45, 7) is 6.05. The van der Waals surface area contributed by atoms with Crippen LogP contribution in [0.5, 0.6) is 5.75 Å². The lowest BCUT2D eigenvalue weighted by Crippen LogP contribution is -2.22. The maximum atomic E-state index is 12.1. The molecule has 24 heavy (non-hydrogen) atoms. The van der Waals surface area contributed by atoms with E-state index in [0.29, 0.717) is 17.5 Å². The molecule has 1 N–H and O–H groups in total. The van der Waals surface area contributed by atoms with Crippen molar-refractivity contribution >= 4 is 23.4 Å². The molecule has 0 saturated heterocycles. The van der Waals surface area contributed by atoms with Crippen molar-refractivity contribution in [1.29, 1.82) is 0 Å². The highest BCUT2D eigenvalue weighted by molar-refractivity contribution is 8.00. The Labute approximate surface area is 146 Å². The van der Waals surface area contributed by atoms with Gasteiger partial charge in [-0.3, -0.25) is 4.79 Å². The maximum absolute atomic E-state index is 12.1. The summed E-state index contributed by atoms with van der Waals surface area (Å²) >= 11 is 1.68. The molecule has 0 spiro atoms. The van der Waals surface area contributed by atoms with E-state index in [2.05, 4.69) is 22.4 Å². The van der Waals surface area contributed by atoms with Crippen LogP contribution in [0.15, 0.2) is 28.8 Å². The molecule has 130 valence electrons. The molecule has 6 nitrogen and oxygen atoms in total. The van der Waals surface area contributed by atoms with Gasteiger partial charge in [0.25, 0.3) is 5.89 Å². The van der Waals surface area contributed by atoms with E-state index in [1.807, 2.05) is 19.1 Å². The van der Waals surface area contributed by atoms with Gasteiger partial charge in [-0.15, -0.1) is 11.8 Å². The second-order valence-corrected chi connectivity index (χ2v) is 6.85. The number of benzene rings is 1. The molecule has 1 aromatic heterocycles. The molecule has 0 fully saturated rings. The number of hydrogen-bond acceptors (Lipinski definition) is 6. The van der Waals surface area contributed by atoms with Crippen LogP contribution in [0.25, 0.3) is 0 Å². The van der Waals surface area contributed by atoms with E-state index < -0.39 is 0 Å². The Kier molecular flexibility index (Phi) is 7.11. The lowest BCUT2D eigenvalue weighted by atomic mass is 10.3. The second kappa shape index (κ2) is 9.32. The molecule has 1 atom stereocenters. The first-order valence-electron chi connectivity index (χ1n) is 8.03. The molecular weight excluding hydrogens is 326 g/mol. The zero-order chi connectivity index (χ0) is 17.4. The number of aromatic nitrogens is 2. The summed E-state index contributed by atoms with van der Waals surface area (Å²) in [5, 5.41) is 6.56. The molecule has 0 aliphatic rings. The molecule has 0 aliphatic heterocycles. The van der Waals surface area contributed by atoms with E-state index in [0.717, 1.165) is 24.3 Å². The van der Waals surface area contributed by atoms with Gasteiger partial charge in [-0.2, -0.15) is 4.98 Å². The Morgan fingerprint density at radius 2 is 2.12 bits per heavy atom. The van der Waals surface area contributed by atoms with Crippen LogP contribution < -0.4 is 10.1 Å². The van der Waals surface area contributed by atoms with Crippen molar-refractivity contribution in [2.75, 3.05) is 11.1 Å². The first-order chi connectivity index (χ1) is 11.6. The SMILES string of the molecule is CCCCS[C@@H](C)C(=O)Nc1ccc(OCc2nc(C)no2)cc1. The van der Waals surface area contributed by atoms with E-state index in [1.54, 1.807) is 30.8 Å². The van der Waals surface area contributed by atoms with Crippen molar-refractivity contribution < 1.29 is 14.1 Å². The Hall–Kier alpha value is -2.02. The van der Waals surface area contributed by atoms with E-state index >= 15 is 0 Å². The van der Waals surface area contributed by atoms with Crippen LogP contribution in [-0.4, -0.2) is 27.1 Å². The predicted octanol–water partition coefficient (Wildman–Crippen LogP) is 3.82. The highest BCUT2D eigenvalue weighted by atomic mass is 32.2. The van der Waals surface area contributed by atoms with Crippen LogP contribution in [0.3, 0.4) is 0 Å². The quantitative estimate of drug-likeness (QED) is 0.694. The Morgan fingerprint density at radius 1 is 1.38 bits per heavy atom. The van der Waals surface area contributed by atoms with Crippen molar-refractivity contribution in [3.63, 3.8) is 0 Å². The highest BCUT2D eigenvalue weighted by Gasteiger charge is 2.13. The van der Waals surface area contributed by atoms with Crippen molar-refractivity contribution in [2.45, 2.75) is 45.5 Å². The van der Waals surface area contributed by atoms with Crippen LogP contribution >= 0.6 is 11.8 Å². The van der Waals surface area contributed by atoms with Gasteiger partial charge in [-0.25, -0.2) is 0 Å². The number of nitrogens with zero attached hydrogens (tertiary/aromatic N) is 2. The number of aryl methyl sites for hydroxylation is 1. The molecule has 0 aliphatic carbocycles. The van der Waals surface area contributed by atoms with Gasteiger partial charge in [0, 0.05) is 5.69 Å². The normalized spacial score (nSPS) is 12.0. The van der Waals surface area contributed by atoms with Crippen molar-refractivity contribution in [3.05, 3.63) is 36.0 Å². The molecule has 1 amide bonds. The minimum atomic E-state index is -0.0618. The summed E-state index contributed by atoms with van der Waals surface area (Å²) in [7, 11) is 0. The number of unbranched alkanes of at least 4 members (excludes halogenated alkanes) is 1. The molecule has 0 saturated carbocycles. The van der Waals surface area contributed by atoms with Crippen molar-refractivity contribution in [1.82, 2.24) is 10.1 Å². The molecule has 0 bridgehead atoms. The zero-order valence-electron chi connectivity index (χ0n) is 14.2. The number of carbonyl (C=O) groups is 1. The average Bonchev–Trinajstić information content (AvgIpc) is 2.99. The molecule has 1 heterocycles. The number of carbonyl (C=O) groups excluding carboxylic acids is 1. The highest BCUT2D eigenvalue weighted by Crippen LogP contribution is 2.19. The van der Waals surface area contributed by atoms with Gasteiger partial charge in [0.2, 0.25) is 5.91 Å². The number of hydrogen-bond donors (Lipinski definition) is 1. The topological polar surface area (TPSA) is 77.2 Å². The number of rotatable bonds is 9. The monoisotopic (exact) mass is 349 g/mol. The predicted molar refractivity (Wildman–Crippen MR) is 95.3 cm³/mol. The minimum Gasteiger partial charge on any atom is -0.484 e. The third kappa shape index (κ3) is 5.88. The molecule has 0 radical (unpaired) electrons. The lowest BCUT2D eigenvalue weighted by molar-refractivity contribution is -0.115. The van der Waals surface area contributed by atoms with Gasteiger partial charge in [-0.05, 0) is 50.3 Å². The largest absolute Gasteiger partial charge is 0.484 e. The summed E-state index contributed by atoms with van der Waals surface area (Å²) in [6.07, 6.45) is 2.28. The van der Waals surface area contributed by atoms with E-state index in [-0.39, 0.29) is 17.8 Å². The Morgan fingerprint density at radius 3 is 2.75 bits per heavy atom. The van der Waals surface area contributed by atoms with Gasteiger partial charge in [0.05, 0.1) is 5.25 Å². The number of amides is 1. The molecule has 2 aromatic rings. The average molecular weight is 349 g/mol. The summed E-state index contributed by atoms with van der Waals surface area (Å²) in [5.74, 6) is 2.72. The van der Waals surface area contributed by atoms with Gasteiger partial charge in [0.1, 0.15) is 5.75 Å². The molecule has 2 rings (SSSR count). The fourth-order valence-corrected chi connectivity index (χ4v) is 2.92. The van der Waals surface area contributed by atoms with Gasteiger partial charge < -0.3 is 14.6 Å². The molecule has 1 aromatic carbocycles. The number of thioether (sulfide) groups is 1. The summed E-state index contributed by atoms with van der Waals surface area (Å²) in [6, 6.07) is 7.23. The molecule has 7 heteroatoms. The Balaban J connectivity index is 1.79. The number of ether oxygens (including phenoxy) is 1. The molecular formula is C17H23N3O3S. The third-order valence-corrected chi connectivity index (χ3v) is 4.53. The lowest BCUT2D eigenvalue weighted by Gasteiger charge is -2.12. The smallest absolute Gasteiger partial charge is 0.264 e. The van der Waals surface area contributed by atoms with E-state index in [1.165, 1.54) is 0 Å². The fourth-order valence-electron chi connectivity index (χ4n) is 1.90. The summed E-state index contributed by atoms with van der Waals surface area (Å²) < 4.78 is 10.5. The Bertz CT molecular complexity index is 643. The standard InChI is InChI=1S/C17H23N3O3S/c1-4-5-10-24-12(2)17(21)19-14-6-8-15(9-7-14)22-11-16-18-13(3)20-23-16/h6-9,12H,4-5,10-11H2,1-3H3,(H,19,21)/t12-/m0/s1. The fraction of sp³-hybridized carbons (Fsp3) is 0.471. The van der Waals surface area contributed by atoms with Crippen molar-refractivity contribution in [3.8, 4) is 5.75 Å². The first kappa shape index (κ1) is 18.3. The summed E-state index contributed by atoms with van der Waals surface area (Å²) in [5.41, 5.74) is 0.754. The van der Waals surface area contributed by atoms with Gasteiger partial charge >= 0.3 is 0 Å². The zero-order valence-corrected chi connectivity index (χ0v) is 15.1. The first-order valence-corrected chi connectivity index (χ1v) is 9.08. The number of anilines is 1. The molecule has 0 unspecified atom stereocenters. The van der Waals surface area contributed by atoms with Crippen molar-refractivity contribution in [2.24, 2.45) is 0 Å². The summed E-state index contributed by atoms with van der Waals surface area (Å²) in [4.78, 5) is 16.2. The van der Waals surface area contributed by atoms with Gasteiger partial charge in [-0.1, -0.05) is 18.5 Å². The van der Waals surface area contributed by atoms with Crippen LogP contribution in [0.4, 0.5) is 5.69 Å². The van der Waals surface area contributed by atoms with E-state index in [4.69, 9.17) is 9.26 Å². The number of nitrogens with one attached hydrogen (secondary N) is 1. The van der Waals surface area contributed by atoms with E-state index in [9.17, 15) is 4.79 Å². The van der Waals surface area contributed by atoms with Gasteiger partial charge in [0.15, 0.2) is 12.4 Å². The second-order valence-electron chi connectivity index (χ2n) is 5.40. The van der Waals surface area contributed by atoms with Crippen LogP contribution in [0.1, 0.15) is 38.4 Å². The van der Waals surface area contributed by atoms with Crippen LogP contribution in [0, 0.1) is 6.92 Å². The maximum Gasteiger partial charge on any atom is 0.264 e. The minimum absolute atomic E-state index is 0.0195. The third-order valence-electron chi connectivity index (χ3n) is 3.29.